The molecule has 3 N–H and O–H groups in total. The zero-order valence-corrected chi connectivity index (χ0v) is 9.44. The average molecular weight is 277 g/mol. The maximum atomic E-state index is 12.3. The van der Waals surface area contributed by atoms with Gasteiger partial charge in [0, 0.05) is 0 Å². The first kappa shape index (κ1) is 15.0. The summed E-state index contributed by atoms with van der Waals surface area (Å²) < 4.78 is 37.0. The first-order valence-electron chi connectivity index (χ1n) is 5.07. The van der Waals surface area contributed by atoms with Crippen LogP contribution in [-0.2, 0) is 15.8 Å². The average Bonchev–Trinajstić information content (AvgIpc) is 2.27. The van der Waals surface area contributed by atoms with E-state index in [0.717, 1.165) is 24.3 Å². The van der Waals surface area contributed by atoms with Crippen molar-refractivity contribution in [2.75, 3.05) is 6.54 Å². The fraction of sp³-hybridized carbons (Fsp3) is 0.273. The molecule has 0 radical (unpaired) electrons. The number of rotatable bonds is 5. The van der Waals surface area contributed by atoms with E-state index in [1.807, 2.05) is 0 Å². The summed E-state index contributed by atoms with van der Waals surface area (Å²) in [4.78, 5) is 21.3. The zero-order valence-electron chi connectivity index (χ0n) is 9.44. The molecule has 104 valence electrons. The maximum absolute atomic E-state index is 12.3. The predicted octanol–water partition coefficient (Wildman–Crippen LogP) is 1.51. The standard InChI is InChI=1S/C11H10F3NO4/c12-11(13,14)7-3-1-6(2-4-7)9(10(18)19)15-5-8(16)17/h1-4,9,15H,5H2,(H,16,17)(H,18,19). The summed E-state index contributed by atoms with van der Waals surface area (Å²) in [5.41, 5.74) is -0.861. The van der Waals surface area contributed by atoms with Gasteiger partial charge in [-0.3, -0.25) is 14.9 Å². The third-order valence-corrected chi connectivity index (χ3v) is 2.28. The van der Waals surface area contributed by atoms with Crippen molar-refractivity contribution in [2.45, 2.75) is 12.2 Å². The summed E-state index contributed by atoms with van der Waals surface area (Å²) in [5, 5.41) is 19.5. The van der Waals surface area contributed by atoms with Gasteiger partial charge in [0.1, 0.15) is 6.04 Å². The topological polar surface area (TPSA) is 86.6 Å². The summed E-state index contributed by atoms with van der Waals surface area (Å²) in [6, 6.07) is 2.10. The number of carbonyl (C=O) groups is 2. The third-order valence-electron chi connectivity index (χ3n) is 2.28. The molecule has 1 atom stereocenters. The number of aliphatic carboxylic acids is 2. The first-order valence-corrected chi connectivity index (χ1v) is 5.07. The van der Waals surface area contributed by atoms with Crippen molar-refractivity contribution in [3.05, 3.63) is 35.4 Å². The van der Waals surface area contributed by atoms with Gasteiger partial charge in [0.05, 0.1) is 12.1 Å². The van der Waals surface area contributed by atoms with E-state index >= 15 is 0 Å². The summed E-state index contributed by atoms with van der Waals surface area (Å²) in [5.74, 6) is -2.64. The van der Waals surface area contributed by atoms with E-state index < -0.39 is 36.3 Å². The SMILES string of the molecule is O=C(O)CNC(C(=O)O)c1ccc(C(F)(F)F)cc1. The summed E-state index contributed by atoms with van der Waals surface area (Å²) in [7, 11) is 0. The smallest absolute Gasteiger partial charge is 0.416 e. The van der Waals surface area contributed by atoms with Gasteiger partial charge in [-0.15, -0.1) is 0 Å². The lowest BCUT2D eigenvalue weighted by atomic mass is 10.0. The second kappa shape index (κ2) is 5.70. The van der Waals surface area contributed by atoms with E-state index in [2.05, 4.69) is 5.32 Å². The second-order valence-corrected chi connectivity index (χ2v) is 3.67. The van der Waals surface area contributed by atoms with Crippen LogP contribution >= 0.6 is 0 Å². The van der Waals surface area contributed by atoms with Crippen LogP contribution in [-0.4, -0.2) is 28.7 Å². The molecule has 0 aliphatic carbocycles. The highest BCUT2D eigenvalue weighted by atomic mass is 19.4. The van der Waals surface area contributed by atoms with Gasteiger partial charge in [-0.25, -0.2) is 0 Å². The lowest BCUT2D eigenvalue weighted by molar-refractivity contribution is -0.140. The van der Waals surface area contributed by atoms with Gasteiger partial charge in [-0.05, 0) is 17.7 Å². The third kappa shape index (κ3) is 4.25. The quantitative estimate of drug-likeness (QED) is 0.759. The van der Waals surface area contributed by atoms with E-state index in [-0.39, 0.29) is 5.56 Å². The molecule has 0 saturated carbocycles. The second-order valence-electron chi connectivity index (χ2n) is 3.67. The fourth-order valence-corrected chi connectivity index (χ4v) is 1.40. The summed E-state index contributed by atoms with van der Waals surface area (Å²) >= 11 is 0. The number of hydrogen-bond donors (Lipinski definition) is 3. The lowest BCUT2D eigenvalue weighted by Crippen LogP contribution is -2.32. The molecule has 5 nitrogen and oxygen atoms in total. The largest absolute Gasteiger partial charge is 0.480 e. The Morgan fingerprint density at radius 3 is 2.05 bits per heavy atom. The van der Waals surface area contributed by atoms with E-state index in [1.54, 1.807) is 0 Å². The summed E-state index contributed by atoms with van der Waals surface area (Å²) in [6.07, 6.45) is -4.51. The van der Waals surface area contributed by atoms with E-state index in [9.17, 15) is 22.8 Å². The van der Waals surface area contributed by atoms with Gasteiger partial charge in [0.25, 0.3) is 0 Å². The van der Waals surface area contributed by atoms with Crippen molar-refractivity contribution in [1.82, 2.24) is 5.32 Å². The Morgan fingerprint density at radius 2 is 1.68 bits per heavy atom. The van der Waals surface area contributed by atoms with Crippen LogP contribution in [0.4, 0.5) is 13.2 Å². The zero-order chi connectivity index (χ0) is 14.6. The van der Waals surface area contributed by atoms with Crippen molar-refractivity contribution >= 4 is 11.9 Å². The van der Waals surface area contributed by atoms with Crippen LogP contribution in [0, 0.1) is 0 Å². The molecule has 0 fully saturated rings. The van der Waals surface area contributed by atoms with Gasteiger partial charge < -0.3 is 10.2 Å². The molecule has 0 aliphatic heterocycles. The molecule has 8 heteroatoms. The Balaban J connectivity index is 2.92. The highest BCUT2D eigenvalue weighted by Crippen LogP contribution is 2.29. The minimum atomic E-state index is -4.51. The molecule has 0 spiro atoms. The molecule has 0 aliphatic rings. The molecule has 19 heavy (non-hydrogen) atoms. The Morgan fingerprint density at radius 1 is 1.16 bits per heavy atom. The number of carboxylic acids is 2. The van der Waals surface area contributed by atoms with E-state index in [1.165, 1.54) is 0 Å². The van der Waals surface area contributed by atoms with Crippen molar-refractivity contribution in [2.24, 2.45) is 0 Å². The molecule has 1 aromatic carbocycles. The van der Waals surface area contributed by atoms with Crippen LogP contribution in [0.2, 0.25) is 0 Å². The lowest BCUT2D eigenvalue weighted by Gasteiger charge is -2.14. The van der Waals surface area contributed by atoms with E-state index in [4.69, 9.17) is 10.2 Å². The van der Waals surface area contributed by atoms with Crippen LogP contribution in [0.1, 0.15) is 17.2 Å². The number of benzene rings is 1. The Labute approximate surface area is 105 Å². The molecule has 1 unspecified atom stereocenters. The molecule has 0 bridgehead atoms. The van der Waals surface area contributed by atoms with Crippen molar-refractivity contribution < 1.29 is 33.0 Å². The summed E-state index contributed by atoms with van der Waals surface area (Å²) in [6.45, 7) is -0.613. The first-order chi connectivity index (χ1) is 8.71. The minimum Gasteiger partial charge on any atom is -0.480 e. The molecule has 0 amide bonds. The minimum absolute atomic E-state index is 0.0433. The highest BCUT2D eigenvalue weighted by Gasteiger charge is 2.30. The Bertz CT molecular complexity index is 470. The molecular formula is C11H10F3NO4. The van der Waals surface area contributed by atoms with Crippen molar-refractivity contribution in [3.8, 4) is 0 Å². The van der Waals surface area contributed by atoms with Crippen molar-refractivity contribution in [3.63, 3.8) is 0 Å². The number of nitrogens with one attached hydrogen (secondary N) is 1. The molecule has 0 aromatic heterocycles. The molecule has 0 heterocycles. The molecule has 0 saturated heterocycles. The van der Waals surface area contributed by atoms with Crippen LogP contribution in [0.5, 0.6) is 0 Å². The van der Waals surface area contributed by atoms with Crippen LogP contribution in [0.25, 0.3) is 0 Å². The molecular weight excluding hydrogens is 267 g/mol. The van der Waals surface area contributed by atoms with Gasteiger partial charge in [0.2, 0.25) is 0 Å². The molecule has 1 rings (SSSR count). The van der Waals surface area contributed by atoms with Gasteiger partial charge in [0.15, 0.2) is 0 Å². The number of hydrogen-bond acceptors (Lipinski definition) is 3. The van der Waals surface area contributed by atoms with Crippen molar-refractivity contribution in [1.29, 1.82) is 0 Å². The highest BCUT2D eigenvalue weighted by molar-refractivity contribution is 5.77. The van der Waals surface area contributed by atoms with Crippen LogP contribution in [0.15, 0.2) is 24.3 Å². The number of alkyl halides is 3. The van der Waals surface area contributed by atoms with Crippen LogP contribution < -0.4 is 5.32 Å². The Hall–Kier alpha value is -2.09. The Kier molecular flexibility index (Phi) is 4.49. The monoisotopic (exact) mass is 277 g/mol. The maximum Gasteiger partial charge on any atom is 0.416 e. The van der Waals surface area contributed by atoms with Gasteiger partial charge in [-0.1, -0.05) is 12.1 Å². The predicted molar refractivity (Wildman–Crippen MR) is 57.5 cm³/mol. The molecule has 1 aromatic rings. The van der Waals surface area contributed by atoms with Crippen LogP contribution in [0.3, 0.4) is 0 Å². The van der Waals surface area contributed by atoms with Gasteiger partial charge in [-0.2, -0.15) is 13.2 Å². The number of carboxylic acid groups (broad SMARTS) is 2. The number of halogens is 3. The van der Waals surface area contributed by atoms with E-state index in [0.29, 0.717) is 0 Å². The normalized spacial score (nSPS) is 13.0. The van der Waals surface area contributed by atoms with Gasteiger partial charge >= 0.3 is 18.1 Å². The fourth-order valence-electron chi connectivity index (χ4n) is 1.40.